The molecule has 0 amide bonds. The van der Waals surface area contributed by atoms with Gasteiger partial charge in [0.2, 0.25) is 0 Å². The van der Waals surface area contributed by atoms with Crippen LogP contribution in [0.3, 0.4) is 0 Å². The molecule has 1 atom stereocenters. The lowest BCUT2D eigenvalue weighted by atomic mass is 10.1. The Morgan fingerprint density at radius 3 is 2.83 bits per heavy atom. The monoisotopic (exact) mass is 248 g/mol. The van der Waals surface area contributed by atoms with Crippen LogP contribution in [-0.4, -0.2) is 24.0 Å². The summed E-state index contributed by atoms with van der Waals surface area (Å²) in [7, 11) is 2.21. The summed E-state index contributed by atoms with van der Waals surface area (Å²) >= 11 is 0. The highest BCUT2D eigenvalue weighted by molar-refractivity contribution is 5.17. The average Bonchev–Trinajstić information content (AvgIpc) is 3.26. The van der Waals surface area contributed by atoms with Gasteiger partial charge in [-0.25, -0.2) is 0 Å². The molecule has 2 aliphatic carbocycles. The Hall–Kier alpha value is -0.800. The third kappa shape index (κ3) is 2.96. The Morgan fingerprint density at radius 1 is 1.39 bits per heavy atom. The smallest absolute Gasteiger partial charge is 0.122 e. The van der Waals surface area contributed by atoms with Crippen LogP contribution in [-0.2, 0) is 13.1 Å². The maximum atomic E-state index is 5.66. The zero-order chi connectivity index (χ0) is 12.5. The fourth-order valence-electron chi connectivity index (χ4n) is 2.51. The Bertz CT molecular complexity index is 393. The van der Waals surface area contributed by atoms with Gasteiger partial charge in [-0.1, -0.05) is 0 Å². The molecule has 1 aromatic rings. The minimum absolute atomic E-state index is 0.680. The van der Waals surface area contributed by atoms with E-state index in [2.05, 4.69) is 30.3 Å². The van der Waals surface area contributed by atoms with Gasteiger partial charge in [0.15, 0.2) is 0 Å². The summed E-state index contributed by atoms with van der Waals surface area (Å²) in [6, 6.07) is 3.55. The molecule has 0 aromatic carbocycles. The van der Waals surface area contributed by atoms with E-state index in [9.17, 15) is 0 Å². The van der Waals surface area contributed by atoms with E-state index in [1.165, 1.54) is 31.2 Å². The van der Waals surface area contributed by atoms with Crippen LogP contribution >= 0.6 is 0 Å². The summed E-state index contributed by atoms with van der Waals surface area (Å²) in [4.78, 5) is 2.43. The van der Waals surface area contributed by atoms with Gasteiger partial charge in [0, 0.05) is 24.2 Å². The molecular formula is C15H24N2O. The molecule has 3 rings (SSSR count). The van der Waals surface area contributed by atoms with E-state index in [4.69, 9.17) is 4.42 Å². The number of hydrogen-bond acceptors (Lipinski definition) is 3. The van der Waals surface area contributed by atoms with E-state index >= 15 is 0 Å². The van der Waals surface area contributed by atoms with Crippen molar-refractivity contribution in [3.63, 3.8) is 0 Å². The standard InChI is InChI=1S/C15H24N2O/c1-11(12-3-4-12)17(2)10-15-13(7-8-18-15)9-16-14-5-6-14/h7-8,11-12,14,16H,3-6,9-10H2,1-2H3. The molecule has 0 radical (unpaired) electrons. The molecular weight excluding hydrogens is 224 g/mol. The molecule has 3 heteroatoms. The second-order valence-corrected chi connectivity index (χ2v) is 6.02. The number of rotatable bonds is 7. The van der Waals surface area contributed by atoms with Gasteiger partial charge in [-0.05, 0) is 51.6 Å². The summed E-state index contributed by atoms with van der Waals surface area (Å²) in [6.07, 6.45) is 7.31. The first-order valence-electron chi connectivity index (χ1n) is 7.23. The van der Waals surface area contributed by atoms with E-state index in [1.807, 2.05) is 6.26 Å². The van der Waals surface area contributed by atoms with Crippen molar-refractivity contribution < 1.29 is 4.42 Å². The van der Waals surface area contributed by atoms with Gasteiger partial charge in [-0.2, -0.15) is 0 Å². The van der Waals surface area contributed by atoms with E-state index < -0.39 is 0 Å². The van der Waals surface area contributed by atoms with Gasteiger partial charge in [-0.3, -0.25) is 4.90 Å². The molecule has 1 unspecified atom stereocenters. The predicted molar refractivity (Wildman–Crippen MR) is 72.2 cm³/mol. The van der Waals surface area contributed by atoms with Crippen LogP contribution in [0.25, 0.3) is 0 Å². The SMILES string of the molecule is CC(C1CC1)N(C)Cc1occc1CNC1CC1. The Balaban J connectivity index is 1.55. The lowest BCUT2D eigenvalue weighted by Gasteiger charge is -2.24. The van der Waals surface area contributed by atoms with Crippen LogP contribution in [0.4, 0.5) is 0 Å². The molecule has 2 fully saturated rings. The first-order chi connectivity index (χ1) is 8.74. The van der Waals surface area contributed by atoms with E-state index in [0.29, 0.717) is 6.04 Å². The van der Waals surface area contributed by atoms with Gasteiger partial charge in [0.05, 0.1) is 12.8 Å². The summed E-state index contributed by atoms with van der Waals surface area (Å²) in [5.74, 6) is 2.05. The van der Waals surface area contributed by atoms with Crippen molar-refractivity contribution >= 4 is 0 Å². The van der Waals surface area contributed by atoms with Crippen molar-refractivity contribution in [2.45, 2.75) is 57.8 Å². The summed E-state index contributed by atoms with van der Waals surface area (Å²) in [6.45, 7) is 4.23. The molecule has 100 valence electrons. The molecule has 1 aromatic heterocycles. The predicted octanol–water partition coefficient (Wildman–Crippen LogP) is 2.76. The topological polar surface area (TPSA) is 28.4 Å². The van der Waals surface area contributed by atoms with Crippen molar-refractivity contribution in [1.82, 2.24) is 10.2 Å². The van der Waals surface area contributed by atoms with Gasteiger partial charge in [0.1, 0.15) is 5.76 Å². The van der Waals surface area contributed by atoms with Gasteiger partial charge < -0.3 is 9.73 Å². The first kappa shape index (κ1) is 12.2. The Labute approximate surface area is 110 Å². The normalized spacial score (nSPS) is 21.5. The number of hydrogen-bond donors (Lipinski definition) is 1. The minimum atomic E-state index is 0.680. The van der Waals surface area contributed by atoms with Crippen LogP contribution < -0.4 is 5.32 Å². The summed E-state index contributed by atoms with van der Waals surface area (Å²) < 4.78 is 5.66. The molecule has 0 aliphatic heterocycles. The van der Waals surface area contributed by atoms with Crippen LogP contribution in [0.2, 0.25) is 0 Å². The highest BCUT2D eigenvalue weighted by Crippen LogP contribution is 2.35. The molecule has 3 nitrogen and oxygen atoms in total. The molecule has 2 saturated carbocycles. The minimum Gasteiger partial charge on any atom is -0.468 e. The third-order valence-electron chi connectivity index (χ3n) is 4.39. The molecule has 1 heterocycles. The van der Waals surface area contributed by atoms with Crippen LogP contribution in [0.15, 0.2) is 16.7 Å². The van der Waals surface area contributed by atoms with E-state index in [0.717, 1.165) is 30.8 Å². The Morgan fingerprint density at radius 2 is 2.17 bits per heavy atom. The summed E-state index contributed by atoms with van der Waals surface area (Å²) in [5.41, 5.74) is 1.33. The third-order valence-corrected chi connectivity index (χ3v) is 4.39. The van der Waals surface area contributed by atoms with Crippen LogP contribution in [0.5, 0.6) is 0 Å². The molecule has 1 N–H and O–H groups in total. The van der Waals surface area contributed by atoms with Crippen molar-refractivity contribution in [1.29, 1.82) is 0 Å². The molecule has 2 aliphatic rings. The number of nitrogens with zero attached hydrogens (tertiary/aromatic N) is 1. The summed E-state index contributed by atoms with van der Waals surface area (Å²) in [5, 5.41) is 3.56. The lowest BCUT2D eigenvalue weighted by molar-refractivity contribution is 0.209. The molecule has 0 bridgehead atoms. The molecule has 18 heavy (non-hydrogen) atoms. The second kappa shape index (κ2) is 5.06. The van der Waals surface area contributed by atoms with Crippen molar-refractivity contribution in [2.75, 3.05) is 7.05 Å². The highest BCUT2D eigenvalue weighted by atomic mass is 16.3. The first-order valence-corrected chi connectivity index (χ1v) is 7.23. The van der Waals surface area contributed by atoms with Crippen molar-refractivity contribution in [3.05, 3.63) is 23.7 Å². The average molecular weight is 248 g/mol. The maximum absolute atomic E-state index is 5.66. The quantitative estimate of drug-likeness (QED) is 0.804. The van der Waals surface area contributed by atoms with Crippen molar-refractivity contribution in [2.24, 2.45) is 5.92 Å². The van der Waals surface area contributed by atoms with Gasteiger partial charge >= 0.3 is 0 Å². The van der Waals surface area contributed by atoms with Crippen molar-refractivity contribution in [3.8, 4) is 0 Å². The zero-order valence-corrected chi connectivity index (χ0v) is 11.5. The fraction of sp³-hybridized carbons (Fsp3) is 0.733. The second-order valence-electron chi connectivity index (χ2n) is 6.02. The fourth-order valence-corrected chi connectivity index (χ4v) is 2.51. The Kier molecular flexibility index (Phi) is 3.44. The molecule has 0 saturated heterocycles. The van der Waals surface area contributed by atoms with E-state index in [-0.39, 0.29) is 0 Å². The lowest BCUT2D eigenvalue weighted by Crippen LogP contribution is -2.30. The van der Waals surface area contributed by atoms with Crippen LogP contribution in [0.1, 0.15) is 43.9 Å². The molecule has 0 spiro atoms. The number of nitrogens with one attached hydrogen (secondary N) is 1. The van der Waals surface area contributed by atoms with Crippen LogP contribution in [0, 0.1) is 5.92 Å². The van der Waals surface area contributed by atoms with Gasteiger partial charge in [0.25, 0.3) is 0 Å². The zero-order valence-electron chi connectivity index (χ0n) is 11.5. The van der Waals surface area contributed by atoms with E-state index in [1.54, 1.807) is 0 Å². The largest absolute Gasteiger partial charge is 0.468 e. The number of furan rings is 1. The van der Waals surface area contributed by atoms with Gasteiger partial charge in [-0.15, -0.1) is 0 Å². The highest BCUT2D eigenvalue weighted by Gasteiger charge is 2.31. The maximum Gasteiger partial charge on any atom is 0.122 e.